The minimum Gasteiger partial charge on any atom is -0.400 e. The van der Waals surface area contributed by atoms with E-state index in [1.165, 1.54) is 38.5 Å². The molecule has 2 aliphatic carbocycles. The van der Waals surface area contributed by atoms with Gasteiger partial charge in [-0.1, -0.05) is 38.5 Å². The van der Waals surface area contributed by atoms with Crippen LogP contribution in [0, 0.1) is 0 Å². The van der Waals surface area contributed by atoms with E-state index in [4.69, 9.17) is 10.2 Å². The molecule has 2 saturated carbocycles. The van der Waals surface area contributed by atoms with Crippen LogP contribution in [0.3, 0.4) is 0 Å². The number of hydrogen-bond acceptors (Lipinski definition) is 10. The Morgan fingerprint density at radius 1 is 0.756 bits per heavy atom. The van der Waals surface area contributed by atoms with Gasteiger partial charge < -0.3 is 25.4 Å². The molecule has 0 spiro atoms. The first-order valence-electron chi connectivity index (χ1n) is 15.2. The van der Waals surface area contributed by atoms with Crippen LogP contribution in [0.5, 0.6) is 0 Å². The molecule has 2 amide bonds. The summed E-state index contributed by atoms with van der Waals surface area (Å²) in [4.78, 5) is 49.3. The largest absolute Gasteiger partial charge is 0.400 e. The van der Waals surface area contributed by atoms with E-state index >= 15 is 0 Å². The zero-order chi connectivity index (χ0) is 32.4. The van der Waals surface area contributed by atoms with Crippen LogP contribution in [0.15, 0.2) is 55.8 Å². The number of hydrogen-bond donors (Lipinski definition) is 4. The van der Waals surface area contributed by atoms with E-state index in [1.54, 1.807) is 60.3 Å². The molecule has 0 atom stereocenters. The zero-order valence-corrected chi connectivity index (χ0v) is 26.2. The number of nitrogens with zero attached hydrogens (tertiary/aromatic N) is 8. The van der Waals surface area contributed by atoms with E-state index in [0.29, 0.717) is 11.5 Å². The van der Waals surface area contributed by atoms with Gasteiger partial charge in [-0.15, -0.1) is 0 Å². The molecule has 0 radical (unpaired) electrons. The van der Waals surface area contributed by atoms with Crippen molar-refractivity contribution in [2.75, 3.05) is 14.2 Å². The van der Waals surface area contributed by atoms with E-state index < -0.39 is 0 Å². The van der Waals surface area contributed by atoms with Gasteiger partial charge in [-0.3, -0.25) is 14.2 Å². The fraction of sp³-hybridized carbons (Fsp3) is 0.484. The Morgan fingerprint density at radius 3 is 1.82 bits per heavy atom. The van der Waals surface area contributed by atoms with Crippen molar-refractivity contribution in [3.63, 3.8) is 0 Å². The molecule has 0 saturated heterocycles. The third kappa shape index (κ3) is 10.5. The maximum Gasteiger partial charge on any atom is 0.289 e. The molecule has 4 N–H and O–H groups in total. The summed E-state index contributed by atoms with van der Waals surface area (Å²) >= 11 is 0. The van der Waals surface area contributed by atoms with Crippen molar-refractivity contribution >= 4 is 11.8 Å². The lowest BCUT2D eigenvalue weighted by Gasteiger charge is -2.22. The first kappa shape index (κ1) is 34.9. The number of aromatic nitrogens is 8. The number of carbonyl (C=O) groups is 2. The van der Waals surface area contributed by atoms with Gasteiger partial charge in [-0.2, -0.15) is 0 Å². The molecule has 0 aliphatic heterocycles. The lowest BCUT2D eigenvalue weighted by molar-refractivity contribution is 0.0909. The number of aryl methyl sites for hydroxylation is 1. The Labute approximate surface area is 266 Å². The van der Waals surface area contributed by atoms with Crippen LogP contribution in [-0.4, -0.2) is 87.4 Å². The van der Waals surface area contributed by atoms with Gasteiger partial charge in [0.05, 0.1) is 23.9 Å². The van der Waals surface area contributed by atoms with Gasteiger partial charge in [-0.05, 0) is 37.8 Å². The van der Waals surface area contributed by atoms with Crippen LogP contribution in [-0.2, 0) is 7.05 Å². The maximum atomic E-state index is 12.3. The highest BCUT2D eigenvalue weighted by Gasteiger charge is 2.20. The standard InChI is InChI=1S/C15H19N5O.C14H17N5O.2CH4O.2H2/c1-20-10-16-9-13(20)12-7-8-17-14(19-12)15(21)18-11-5-3-2-4-6-11;20-14(17-11-4-2-1-3-5-11)13-16-7-6-12(18-13)19-9-8-15-10-19;2*1-2;;/h7-11H,2-6H2,1H3,(H,18,21);6-11H,1-5H2,(H,17,20);2*2H,1H3;2*1H. The van der Waals surface area contributed by atoms with Gasteiger partial charge in [0.1, 0.15) is 12.1 Å². The smallest absolute Gasteiger partial charge is 0.289 e. The minimum atomic E-state index is -0.195. The highest BCUT2D eigenvalue weighted by atomic mass is 16.2. The topological polar surface area (TPSA) is 186 Å². The zero-order valence-electron chi connectivity index (χ0n) is 26.2. The lowest BCUT2D eigenvalue weighted by Crippen LogP contribution is -2.37. The molecular formula is C31H48N10O4. The second-order valence-electron chi connectivity index (χ2n) is 10.5. The number of carbonyl (C=O) groups excluding carboxylic acids is 2. The summed E-state index contributed by atoms with van der Waals surface area (Å²) < 4.78 is 3.62. The summed E-state index contributed by atoms with van der Waals surface area (Å²) in [6, 6.07) is 4.06. The molecule has 0 aromatic carbocycles. The molecular weight excluding hydrogens is 576 g/mol. The van der Waals surface area contributed by atoms with Gasteiger partial charge >= 0.3 is 0 Å². The van der Waals surface area contributed by atoms with E-state index in [9.17, 15) is 9.59 Å². The number of rotatable bonds is 6. The summed E-state index contributed by atoms with van der Waals surface area (Å²) in [5.74, 6) is 0.692. The van der Waals surface area contributed by atoms with Crippen molar-refractivity contribution < 1.29 is 22.7 Å². The Balaban J connectivity index is 0.000000410. The fourth-order valence-electron chi connectivity index (χ4n) is 5.21. The van der Waals surface area contributed by atoms with Gasteiger partial charge in [-0.25, -0.2) is 29.9 Å². The molecule has 45 heavy (non-hydrogen) atoms. The molecule has 6 rings (SSSR count). The van der Waals surface area contributed by atoms with Crippen molar-refractivity contribution in [2.45, 2.75) is 76.3 Å². The summed E-state index contributed by atoms with van der Waals surface area (Å²) in [5, 5.41) is 20.1. The highest BCUT2D eigenvalue weighted by molar-refractivity contribution is 5.91. The van der Waals surface area contributed by atoms with Gasteiger partial charge in [0, 0.05) is 61.0 Å². The Kier molecular flexibility index (Phi) is 14.7. The normalized spacial score (nSPS) is 14.8. The molecule has 14 nitrogen and oxygen atoms in total. The summed E-state index contributed by atoms with van der Waals surface area (Å²) in [6.07, 6.45) is 23.2. The first-order valence-corrected chi connectivity index (χ1v) is 15.2. The third-order valence-corrected chi connectivity index (χ3v) is 7.43. The Bertz CT molecular complexity index is 1440. The van der Waals surface area contributed by atoms with E-state index in [2.05, 4.69) is 40.5 Å². The molecule has 2 fully saturated rings. The molecule has 0 unspecified atom stereocenters. The van der Waals surface area contributed by atoms with Crippen LogP contribution in [0.2, 0.25) is 0 Å². The van der Waals surface area contributed by atoms with Crippen molar-refractivity contribution in [2.24, 2.45) is 7.05 Å². The molecule has 0 bridgehead atoms. The van der Waals surface area contributed by atoms with Gasteiger partial charge in [0.2, 0.25) is 11.6 Å². The lowest BCUT2D eigenvalue weighted by atomic mass is 9.95. The predicted molar refractivity (Wildman–Crippen MR) is 173 cm³/mol. The summed E-state index contributed by atoms with van der Waals surface area (Å²) in [6.45, 7) is 0. The van der Waals surface area contributed by atoms with Gasteiger partial charge in [0.15, 0.2) is 0 Å². The summed E-state index contributed by atoms with van der Waals surface area (Å²) in [7, 11) is 3.90. The SMILES string of the molecule is CO.CO.Cn1cncc1-c1ccnc(C(=O)NC2CCCCC2)n1.O=C(NC1CCCCC1)c1nccc(-n2ccnc2)n1.[HH].[HH]. The quantitative estimate of drug-likeness (QED) is 0.248. The van der Waals surface area contributed by atoms with E-state index in [-0.39, 0.29) is 38.4 Å². The Hall–Kier alpha value is -4.56. The van der Waals surface area contributed by atoms with Crippen LogP contribution < -0.4 is 10.6 Å². The monoisotopic (exact) mass is 624 g/mol. The number of aliphatic hydroxyl groups excluding tert-OH is 2. The third-order valence-electron chi connectivity index (χ3n) is 7.43. The Morgan fingerprint density at radius 2 is 1.31 bits per heavy atom. The molecule has 4 heterocycles. The molecule has 2 aliphatic rings. The number of nitrogens with one attached hydrogen (secondary N) is 2. The van der Waals surface area contributed by atoms with Crippen molar-refractivity contribution in [1.82, 2.24) is 49.7 Å². The van der Waals surface area contributed by atoms with Crippen molar-refractivity contribution in [1.29, 1.82) is 0 Å². The van der Waals surface area contributed by atoms with Crippen LogP contribution >= 0.6 is 0 Å². The second-order valence-corrected chi connectivity index (χ2v) is 10.5. The second kappa shape index (κ2) is 19.0. The van der Waals surface area contributed by atoms with E-state index in [0.717, 1.165) is 45.6 Å². The van der Waals surface area contributed by atoms with Crippen LogP contribution in [0.4, 0.5) is 0 Å². The molecule has 4 aromatic rings. The first-order chi connectivity index (χ1) is 22.1. The number of amides is 2. The van der Waals surface area contributed by atoms with Crippen molar-refractivity contribution in [3.8, 4) is 17.2 Å². The average molecular weight is 625 g/mol. The highest BCUT2D eigenvalue weighted by Crippen LogP contribution is 2.19. The fourth-order valence-corrected chi connectivity index (χ4v) is 5.21. The van der Waals surface area contributed by atoms with Gasteiger partial charge in [0.25, 0.3) is 11.8 Å². The summed E-state index contributed by atoms with van der Waals surface area (Å²) in [5.41, 5.74) is 1.57. The minimum absolute atomic E-state index is 0. The molecule has 246 valence electrons. The number of aliphatic hydroxyl groups is 2. The van der Waals surface area contributed by atoms with Crippen LogP contribution in [0.1, 0.15) is 88.3 Å². The van der Waals surface area contributed by atoms with Crippen LogP contribution in [0.25, 0.3) is 17.2 Å². The van der Waals surface area contributed by atoms with E-state index in [1.807, 2.05) is 11.6 Å². The van der Waals surface area contributed by atoms with Crippen molar-refractivity contribution in [3.05, 3.63) is 67.4 Å². The number of imidazole rings is 2. The predicted octanol–water partition coefficient (Wildman–Crippen LogP) is 3.37. The average Bonchev–Trinajstić information content (AvgIpc) is 3.81. The maximum absolute atomic E-state index is 12.3. The molecule has 4 aromatic heterocycles. The molecule has 14 heteroatoms.